The Balaban J connectivity index is 1.76. The number of hydrogen-bond acceptors (Lipinski definition) is 6. The number of carbonyl (C=O) groups is 2. The van der Waals surface area contributed by atoms with Gasteiger partial charge in [-0.2, -0.15) is 5.10 Å². The van der Waals surface area contributed by atoms with Gasteiger partial charge in [-0.15, -0.1) is 0 Å². The minimum absolute atomic E-state index is 0.0825. The number of piperidine rings is 1. The van der Waals surface area contributed by atoms with Gasteiger partial charge in [0.2, 0.25) is 0 Å². The van der Waals surface area contributed by atoms with Crippen LogP contribution in [0.5, 0.6) is 5.75 Å². The molecule has 1 fully saturated rings. The zero-order valence-corrected chi connectivity index (χ0v) is 15.2. The van der Waals surface area contributed by atoms with E-state index >= 15 is 0 Å². The molecule has 7 nitrogen and oxygen atoms in total. The number of rotatable bonds is 4. The summed E-state index contributed by atoms with van der Waals surface area (Å²) in [5.74, 6) is -0.00694. The molecule has 1 amide bonds. The van der Waals surface area contributed by atoms with Crippen molar-refractivity contribution in [3.63, 3.8) is 0 Å². The Morgan fingerprint density at radius 1 is 1.27 bits per heavy atom. The molecule has 1 atom stereocenters. The van der Waals surface area contributed by atoms with Gasteiger partial charge in [0.1, 0.15) is 5.75 Å². The summed E-state index contributed by atoms with van der Waals surface area (Å²) in [7, 11) is 0. The van der Waals surface area contributed by atoms with Crippen molar-refractivity contribution in [1.82, 2.24) is 9.91 Å². The third-order valence-electron chi connectivity index (χ3n) is 4.77. The van der Waals surface area contributed by atoms with E-state index in [0.717, 1.165) is 11.3 Å². The monoisotopic (exact) mass is 359 g/mol. The van der Waals surface area contributed by atoms with Crippen LogP contribution in [0.25, 0.3) is 0 Å². The van der Waals surface area contributed by atoms with Crippen LogP contribution in [0.2, 0.25) is 0 Å². The number of ether oxygens (including phenoxy) is 1. The third-order valence-corrected chi connectivity index (χ3v) is 4.77. The van der Waals surface area contributed by atoms with E-state index < -0.39 is 5.97 Å². The molecule has 0 saturated carbocycles. The molecule has 3 rings (SSSR count). The van der Waals surface area contributed by atoms with E-state index in [1.807, 2.05) is 24.0 Å². The van der Waals surface area contributed by atoms with Crippen LogP contribution in [0.3, 0.4) is 0 Å². The fraction of sp³-hybridized carbons (Fsp3) is 0.526. The molecule has 26 heavy (non-hydrogen) atoms. The lowest BCUT2D eigenvalue weighted by Gasteiger charge is -2.31. The van der Waals surface area contributed by atoms with E-state index in [-0.39, 0.29) is 24.6 Å². The van der Waals surface area contributed by atoms with Crippen molar-refractivity contribution in [2.24, 2.45) is 5.10 Å². The van der Waals surface area contributed by atoms with Crippen molar-refractivity contribution in [3.8, 4) is 5.75 Å². The van der Waals surface area contributed by atoms with Crippen LogP contribution in [0.15, 0.2) is 29.4 Å². The Bertz CT molecular complexity index is 710. The molecule has 0 aromatic heterocycles. The first kappa shape index (κ1) is 18.5. The maximum atomic E-state index is 12.9. The van der Waals surface area contributed by atoms with Crippen LogP contribution in [-0.4, -0.2) is 58.3 Å². The van der Waals surface area contributed by atoms with Crippen molar-refractivity contribution >= 4 is 17.6 Å². The second kappa shape index (κ2) is 7.97. The van der Waals surface area contributed by atoms with Crippen molar-refractivity contribution in [3.05, 3.63) is 29.8 Å². The molecule has 2 aliphatic rings. The minimum Gasteiger partial charge on any atom is -0.426 e. The quantitative estimate of drug-likeness (QED) is 0.654. The average Bonchev–Trinajstić information content (AvgIpc) is 2.99. The van der Waals surface area contributed by atoms with Crippen LogP contribution in [0, 0.1) is 0 Å². The molecule has 2 aliphatic heterocycles. The molecule has 1 saturated heterocycles. The number of aliphatic hydroxyl groups is 1. The highest BCUT2D eigenvalue weighted by molar-refractivity contribution is 5.89. The molecular formula is C19H25N3O4. The molecule has 140 valence electrons. The molecule has 0 radical (unpaired) electrons. The van der Waals surface area contributed by atoms with Crippen molar-refractivity contribution in [1.29, 1.82) is 0 Å². The van der Waals surface area contributed by atoms with Gasteiger partial charge in [-0.25, -0.2) is 5.01 Å². The molecule has 1 N–H and O–H groups in total. The zero-order chi connectivity index (χ0) is 18.7. The van der Waals surface area contributed by atoms with Gasteiger partial charge in [0.25, 0.3) is 5.91 Å². The van der Waals surface area contributed by atoms with Crippen LogP contribution in [-0.2, 0) is 9.59 Å². The lowest BCUT2D eigenvalue weighted by Crippen LogP contribution is -2.43. The van der Waals surface area contributed by atoms with E-state index in [2.05, 4.69) is 5.10 Å². The Morgan fingerprint density at radius 3 is 2.65 bits per heavy atom. The molecule has 1 unspecified atom stereocenters. The minimum atomic E-state index is -0.391. The maximum Gasteiger partial charge on any atom is 0.308 e. The number of aliphatic hydroxyl groups excluding tert-OH is 1. The van der Waals surface area contributed by atoms with Crippen LogP contribution in [0.1, 0.15) is 44.7 Å². The van der Waals surface area contributed by atoms with Gasteiger partial charge in [0.05, 0.1) is 18.7 Å². The van der Waals surface area contributed by atoms with E-state index in [0.29, 0.717) is 38.1 Å². The van der Waals surface area contributed by atoms with Crippen molar-refractivity contribution in [2.75, 3.05) is 19.6 Å². The van der Waals surface area contributed by atoms with Gasteiger partial charge in [0, 0.05) is 37.7 Å². The lowest BCUT2D eigenvalue weighted by atomic mass is 10.0. The second-order valence-electron chi connectivity index (χ2n) is 6.93. The molecule has 7 heteroatoms. The summed E-state index contributed by atoms with van der Waals surface area (Å²) in [4.78, 5) is 26.3. The van der Waals surface area contributed by atoms with Crippen molar-refractivity contribution < 1.29 is 19.4 Å². The molecule has 0 bridgehead atoms. The molecule has 1 aromatic carbocycles. The lowest BCUT2D eigenvalue weighted by molar-refractivity contribution is -0.134. The Morgan fingerprint density at radius 2 is 1.96 bits per heavy atom. The smallest absolute Gasteiger partial charge is 0.308 e. The summed E-state index contributed by atoms with van der Waals surface area (Å²) in [5.41, 5.74) is 1.65. The van der Waals surface area contributed by atoms with Crippen LogP contribution < -0.4 is 4.74 Å². The summed E-state index contributed by atoms with van der Waals surface area (Å²) >= 11 is 0. The summed E-state index contributed by atoms with van der Waals surface area (Å²) in [6.07, 6.45) is 1.72. The fourth-order valence-corrected chi connectivity index (χ4v) is 3.48. The highest BCUT2D eigenvalue weighted by Crippen LogP contribution is 2.36. The Hall–Kier alpha value is -2.25. The van der Waals surface area contributed by atoms with Crippen molar-refractivity contribution in [2.45, 2.75) is 45.3 Å². The number of hydrogen-bond donors (Lipinski definition) is 1. The summed E-state index contributed by atoms with van der Waals surface area (Å²) in [6, 6.07) is 7.00. The molecular weight excluding hydrogens is 334 g/mol. The van der Waals surface area contributed by atoms with Crippen LogP contribution >= 0.6 is 0 Å². The predicted octanol–water partition coefficient (Wildman–Crippen LogP) is 1.72. The first-order valence-corrected chi connectivity index (χ1v) is 8.98. The average molecular weight is 359 g/mol. The number of amides is 1. The Labute approximate surface area is 153 Å². The standard InChI is InChI=1S/C19H25N3O4/c1-13-11-17(16-5-3-4-6-18(16)26-14(2)23)22(20-13)19(25)12-21-9-7-15(24)8-10-21/h3-6,15,17,24H,7-12H2,1-2H3. The number of esters is 1. The van der Waals surface area contributed by atoms with E-state index in [1.54, 1.807) is 12.1 Å². The second-order valence-corrected chi connectivity index (χ2v) is 6.93. The number of para-hydroxylation sites is 1. The van der Waals surface area contributed by atoms with E-state index in [9.17, 15) is 14.7 Å². The van der Waals surface area contributed by atoms with E-state index in [1.165, 1.54) is 11.9 Å². The van der Waals surface area contributed by atoms with Gasteiger partial charge in [-0.05, 0) is 25.8 Å². The molecule has 0 spiro atoms. The molecule has 0 aliphatic carbocycles. The number of benzene rings is 1. The van der Waals surface area contributed by atoms with Gasteiger partial charge in [-0.1, -0.05) is 18.2 Å². The maximum absolute atomic E-state index is 12.9. The summed E-state index contributed by atoms with van der Waals surface area (Å²) in [5, 5.41) is 15.6. The molecule has 1 aromatic rings. The Kier molecular flexibility index (Phi) is 5.68. The van der Waals surface area contributed by atoms with Gasteiger partial charge in [0.15, 0.2) is 0 Å². The zero-order valence-electron chi connectivity index (χ0n) is 15.2. The summed E-state index contributed by atoms with van der Waals surface area (Å²) < 4.78 is 5.32. The number of nitrogens with zero attached hydrogens (tertiary/aromatic N) is 3. The van der Waals surface area contributed by atoms with Gasteiger partial charge < -0.3 is 9.84 Å². The first-order chi connectivity index (χ1) is 12.4. The topological polar surface area (TPSA) is 82.4 Å². The number of hydrazone groups is 1. The predicted molar refractivity (Wildman–Crippen MR) is 96.7 cm³/mol. The number of carbonyl (C=O) groups excluding carboxylic acids is 2. The third kappa shape index (κ3) is 4.28. The highest BCUT2D eigenvalue weighted by atomic mass is 16.5. The normalized spacial score (nSPS) is 21.6. The SMILES string of the molecule is CC(=O)Oc1ccccc1C1CC(C)=NN1C(=O)CN1CCC(O)CC1. The largest absolute Gasteiger partial charge is 0.426 e. The van der Waals surface area contributed by atoms with E-state index in [4.69, 9.17) is 4.74 Å². The van der Waals surface area contributed by atoms with Gasteiger partial charge >= 0.3 is 5.97 Å². The van der Waals surface area contributed by atoms with Crippen LogP contribution in [0.4, 0.5) is 0 Å². The van der Waals surface area contributed by atoms with Gasteiger partial charge in [-0.3, -0.25) is 14.5 Å². The summed E-state index contributed by atoms with van der Waals surface area (Å²) in [6.45, 7) is 4.94. The highest BCUT2D eigenvalue weighted by Gasteiger charge is 2.34. The first-order valence-electron chi connectivity index (χ1n) is 8.98. The number of likely N-dealkylation sites (tertiary alicyclic amines) is 1. The molecule has 2 heterocycles. The fourth-order valence-electron chi connectivity index (χ4n) is 3.48.